The van der Waals surface area contributed by atoms with Crippen LogP contribution in [0, 0.1) is 0 Å². The number of methoxy groups -OCH3 is 2. The maximum atomic E-state index is 14.2. The van der Waals surface area contributed by atoms with E-state index < -0.39 is 85.7 Å². The number of carbonyl (C=O) groups is 7. The standard InChI is InChI=1S/C90H123N9O28/c1-6-7-19-75-96-78-79(99(75)58-62-22-20-61(21-23-62)57-98(2)3)69-26-25-64(87(108)112-5)56-72(69)94-84(78)97-90(110)124-59-63-24-27-74(126-88-82(104)80(102)81(103)83(127-88)86(106)107)73(55-63)93-77(101)28-31-92-85(105)71(95-89(109)125-60-70-67-16-10-8-14-65(67)66-15-9-11-17-68(66)70)18-12-13-30-91-76(100)29-32-113-35-36-115-39-40-117-43-44-119-47-48-121-51-52-123-54-53-122-50-49-120-46-45-118-42-41-116-38-37-114-34-33-111-4/h8-11,14-17,20-27,55-56,70-71,80-83,88,102-104H,6-7,12-13,18-19,28-54,57-60H2,1-5H3,(H,91,100)(H,92,105)(H,93,101)(H,95,109)(H,106,107)(H,94,97,110)/t71-,80-,81-,82+,83-,88+/m0/s1. The van der Waals surface area contributed by atoms with E-state index in [1.165, 1.54) is 25.3 Å². The number of imidazole rings is 1. The number of aliphatic hydroxyl groups is 3. The summed E-state index contributed by atoms with van der Waals surface area (Å²) < 4.78 is 95.7. The molecule has 0 saturated carbocycles. The third-order valence-electron chi connectivity index (χ3n) is 20.2. The summed E-state index contributed by atoms with van der Waals surface area (Å²) in [4.78, 5) is 106. The first-order chi connectivity index (χ1) is 61.8. The van der Waals surface area contributed by atoms with Crippen LogP contribution in [-0.2, 0) is 121 Å². The zero-order valence-corrected chi connectivity index (χ0v) is 73.0. The number of unbranched alkanes of at least 4 members (excludes halogenated alkanes) is 2. The molecule has 37 nitrogen and oxygen atoms in total. The Labute approximate surface area is 738 Å². The Morgan fingerprint density at radius 2 is 1.09 bits per heavy atom. The number of aryl methyl sites for hydroxylation is 1. The number of carbonyl (C=O) groups excluding carboxylic acids is 6. The molecule has 3 heterocycles. The van der Waals surface area contributed by atoms with Gasteiger partial charge in [-0.25, -0.2) is 29.1 Å². The predicted molar refractivity (Wildman–Crippen MR) is 464 cm³/mol. The van der Waals surface area contributed by atoms with Crippen LogP contribution in [0.4, 0.5) is 21.1 Å². The molecule has 6 atom stereocenters. The molecule has 9 N–H and O–H groups in total. The molecule has 0 spiro atoms. The van der Waals surface area contributed by atoms with Gasteiger partial charge in [0, 0.05) is 63.9 Å². The lowest BCUT2D eigenvalue weighted by molar-refractivity contribution is -0.271. The molecule has 9 rings (SSSR count). The molecule has 1 fully saturated rings. The van der Waals surface area contributed by atoms with Gasteiger partial charge in [-0.3, -0.25) is 19.7 Å². The highest BCUT2D eigenvalue weighted by atomic mass is 16.7. The molecular weight excluding hydrogens is 1660 g/mol. The van der Waals surface area contributed by atoms with Gasteiger partial charge in [0.25, 0.3) is 0 Å². The van der Waals surface area contributed by atoms with Gasteiger partial charge in [0.2, 0.25) is 24.0 Å². The summed E-state index contributed by atoms with van der Waals surface area (Å²) >= 11 is 0. The van der Waals surface area contributed by atoms with Crippen molar-refractivity contribution >= 4 is 75.3 Å². The van der Waals surface area contributed by atoms with E-state index in [2.05, 4.69) is 67.2 Å². The Morgan fingerprint density at radius 1 is 0.543 bits per heavy atom. The Balaban J connectivity index is 0.715. The zero-order valence-electron chi connectivity index (χ0n) is 73.0. The number of aliphatic carboxylic acids is 1. The normalized spacial score (nSPS) is 15.7. The van der Waals surface area contributed by atoms with Crippen molar-refractivity contribution < 1.29 is 135 Å². The van der Waals surface area contributed by atoms with Crippen molar-refractivity contribution in [1.82, 2.24) is 35.4 Å². The van der Waals surface area contributed by atoms with Crippen molar-refractivity contribution in [2.75, 3.05) is 211 Å². The highest BCUT2D eigenvalue weighted by Crippen LogP contribution is 2.45. The van der Waals surface area contributed by atoms with Crippen LogP contribution in [0.3, 0.4) is 0 Å². The predicted octanol–water partition coefficient (Wildman–Crippen LogP) is 6.70. The zero-order chi connectivity index (χ0) is 90.3. The van der Waals surface area contributed by atoms with Crippen molar-refractivity contribution in [2.45, 2.75) is 121 Å². The fourth-order valence-corrected chi connectivity index (χ4v) is 13.8. The molecule has 5 aromatic carbocycles. The first-order valence-electron chi connectivity index (χ1n) is 42.9. The molecule has 2 aromatic heterocycles. The van der Waals surface area contributed by atoms with Crippen LogP contribution in [0.25, 0.3) is 33.1 Å². The second-order valence-corrected chi connectivity index (χ2v) is 30.0. The average molecular weight is 1780 g/mol. The summed E-state index contributed by atoms with van der Waals surface area (Å²) in [7, 11) is 6.89. The molecule has 696 valence electrons. The van der Waals surface area contributed by atoms with Crippen LogP contribution in [0.5, 0.6) is 5.75 Å². The SMILES string of the molecule is CCCCc1nc2c(NC(=O)OCc3ccc(O[C@@H]4O[C@H](C(=O)O)[C@@H](O)[C@H](O)[C@H]4O)c(NC(=O)CCNC(=O)[C@H](CCCCNC(=O)CCOCCOCCOCCOCCOCCOCCOCCOCCOCCOCCOCCOC)NC(=O)OCC4c5ccccc5-c5ccccc54)c3)nc3cc(C(=O)OC)ccc3c2n1Cc1ccc(CN(C)C)cc1. The Kier molecular flexibility index (Phi) is 44.7. The number of hydrogen-bond donors (Lipinski definition) is 9. The molecule has 0 radical (unpaired) electrons. The second-order valence-electron chi connectivity index (χ2n) is 30.0. The van der Waals surface area contributed by atoms with Crippen LogP contribution in [0.1, 0.15) is 102 Å². The Bertz CT molecular complexity index is 4480. The number of benzene rings is 5. The highest BCUT2D eigenvalue weighted by Gasteiger charge is 2.48. The number of carboxylic acid groups (broad SMARTS) is 1. The first-order valence-corrected chi connectivity index (χ1v) is 42.9. The number of carboxylic acids is 1. The molecule has 1 aliphatic heterocycles. The summed E-state index contributed by atoms with van der Waals surface area (Å²) in [5.74, 6) is -3.70. The van der Waals surface area contributed by atoms with Gasteiger partial charge in [0.1, 0.15) is 54.7 Å². The van der Waals surface area contributed by atoms with E-state index in [-0.39, 0.29) is 86.0 Å². The van der Waals surface area contributed by atoms with Gasteiger partial charge >= 0.3 is 24.1 Å². The number of anilines is 2. The molecule has 0 bridgehead atoms. The molecule has 37 heteroatoms. The number of amides is 5. The number of rotatable bonds is 63. The fourth-order valence-electron chi connectivity index (χ4n) is 13.8. The fraction of sp³-hybridized carbons (Fsp3) is 0.544. The van der Waals surface area contributed by atoms with Gasteiger partial charge in [-0.2, -0.15) is 0 Å². The third-order valence-corrected chi connectivity index (χ3v) is 20.2. The van der Waals surface area contributed by atoms with E-state index in [9.17, 15) is 54.0 Å². The van der Waals surface area contributed by atoms with Gasteiger partial charge in [-0.1, -0.05) is 92.2 Å². The highest BCUT2D eigenvalue weighted by molar-refractivity contribution is 6.10. The third kappa shape index (κ3) is 33.9. The van der Waals surface area contributed by atoms with Gasteiger partial charge in [-0.05, 0) is 109 Å². The minimum absolute atomic E-state index is 0.0247. The number of esters is 1. The lowest BCUT2D eigenvalue weighted by Gasteiger charge is -2.38. The van der Waals surface area contributed by atoms with Crippen LogP contribution in [-0.4, -0.2) is 318 Å². The minimum Gasteiger partial charge on any atom is -0.479 e. The van der Waals surface area contributed by atoms with Crippen LogP contribution < -0.4 is 31.3 Å². The van der Waals surface area contributed by atoms with Crippen molar-refractivity contribution in [3.63, 3.8) is 0 Å². The number of ether oxygens (including phenoxy) is 17. The van der Waals surface area contributed by atoms with Crippen LogP contribution in [0.2, 0.25) is 0 Å². The molecule has 0 unspecified atom stereocenters. The Morgan fingerprint density at radius 3 is 1.65 bits per heavy atom. The minimum atomic E-state index is -2.05. The second kappa shape index (κ2) is 56.3. The van der Waals surface area contributed by atoms with Crippen molar-refractivity contribution in [3.8, 4) is 16.9 Å². The molecule has 127 heavy (non-hydrogen) atoms. The largest absolute Gasteiger partial charge is 0.479 e. The summed E-state index contributed by atoms with van der Waals surface area (Å²) in [6.45, 7) is 12.4. The monoisotopic (exact) mass is 1780 g/mol. The average Bonchev–Trinajstić information content (AvgIpc) is 1.61. The van der Waals surface area contributed by atoms with Crippen molar-refractivity contribution in [1.29, 1.82) is 0 Å². The lowest BCUT2D eigenvalue weighted by atomic mass is 9.98. The number of aromatic nitrogens is 3. The topological polar surface area (TPSA) is 451 Å². The van der Waals surface area contributed by atoms with Crippen LogP contribution in [0.15, 0.2) is 109 Å². The smallest absolute Gasteiger partial charge is 0.413 e. The molecule has 1 aliphatic carbocycles. The maximum absolute atomic E-state index is 14.2. The number of hydrogen-bond acceptors (Lipinski definition) is 30. The van der Waals surface area contributed by atoms with E-state index in [1.54, 1.807) is 25.3 Å². The maximum Gasteiger partial charge on any atom is 0.413 e. The number of nitrogens with one attached hydrogen (secondary N) is 5. The van der Waals surface area contributed by atoms with E-state index in [1.807, 2.05) is 62.6 Å². The molecule has 5 amide bonds. The molecular formula is C90H123N9O28. The van der Waals surface area contributed by atoms with Gasteiger partial charge < -0.3 is 132 Å². The quantitative estimate of drug-likeness (QED) is 0.0109. The van der Waals surface area contributed by atoms with E-state index >= 15 is 0 Å². The van der Waals surface area contributed by atoms with Crippen molar-refractivity contribution in [3.05, 3.63) is 148 Å². The van der Waals surface area contributed by atoms with Crippen LogP contribution >= 0.6 is 0 Å². The number of fused-ring (bicyclic) bond motifs is 6. The van der Waals surface area contributed by atoms with Gasteiger partial charge in [0.15, 0.2) is 11.9 Å². The number of pyridine rings is 1. The van der Waals surface area contributed by atoms with E-state index in [4.69, 9.17) is 90.5 Å². The molecule has 1 saturated heterocycles. The first kappa shape index (κ1) is 101. The van der Waals surface area contributed by atoms with Crippen molar-refractivity contribution in [2.24, 2.45) is 0 Å². The van der Waals surface area contributed by atoms with E-state index in [0.29, 0.717) is 186 Å². The summed E-state index contributed by atoms with van der Waals surface area (Å²) in [5, 5.41) is 56.4. The number of alkyl carbamates (subject to hydrolysis) is 1. The van der Waals surface area contributed by atoms with E-state index in [0.717, 1.165) is 58.6 Å². The summed E-state index contributed by atoms with van der Waals surface area (Å²) in [5.41, 5.74) is 7.77. The lowest BCUT2D eigenvalue weighted by Crippen LogP contribution is -2.61. The number of nitrogens with zero attached hydrogens (tertiary/aromatic N) is 4. The summed E-state index contributed by atoms with van der Waals surface area (Å²) in [6, 6.07) is 31.8. The number of aliphatic hydroxyl groups excluding tert-OH is 3. The Hall–Kier alpha value is -10.0. The molecule has 2 aliphatic rings. The summed E-state index contributed by atoms with van der Waals surface area (Å²) in [6.07, 6.45) is -9.16. The molecule has 7 aromatic rings. The van der Waals surface area contributed by atoms with Gasteiger partial charge in [-0.15, -0.1) is 0 Å². The van der Waals surface area contributed by atoms with Gasteiger partial charge in [0.05, 0.1) is 181 Å².